The molecule has 0 aromatic rings. The van der Waals surface area contributed by atoms with Crippen molar-refractivity contribution < 1.29 is 29.0 Å². The number of carboxylic acid groups (broad SMARTS) is 1. The predicted molar refractivity (Wildman–Crippen MR) is 213 cm³/mol. The summed E-state index contributed by atoms with van der Waals surface area (Å²) in [6.45, 7) is 4.91. The molecule has 0 aliphatic rings. The molecule has 6 nitrogen and oxygen atoms in total. The molecule has 0 saturated carbocycles. The highest BCUT2D eigenvalue weighted by Gasteiger charge is 2.19. The Balaban J connectivity index is 4.17. The lowest BCUT2D eigenvalue weighted by Gasteiger charge is -2.20. The molecular weight excluding hydrogens is 653 g/mol. The van der Waals surface area contributed by atoms with Crippen molar-refractivity contribution in [3.05, 3.63) is 0 Å². The summed E-state index contributed by atoms with van der Waals surface area (Å²) in [6.07, 6.45) is 36.1. The van der Waals surface area contributed by atoms with Crippen molar-refractivity contribution in [2.45, 2.75) is 229 Å². The number of hydrogen-bond donors (Lipinski definition) is 2. The van der Waals surface area contributed by atoms with Gasteiger partial charge in [-0.1, -0.05) is 174 Å². The van der Waals surface area contributed by atoms with Crippen molar-refractivity contribution in [1.29, 1.82) is 0 Å². The van der Waals surface area contributed by atoms with Crippen molar-refractivity contribution in [2.24, 2.45) is 0 Å². The van der Waals surface area contributed by atoms with E-state index in [2.05, 4.69) is 26.5 Å². The third kappa shape index (κ3) is 38.2. The smallest absolute Gasteiger partial charge is 0.305 e. The van der Waals surface area contributed by atoms with Crippen LogP contribution in [-0.2, 0) is 23.9 Å². The lowest BCUT2D eigenvalue weighted by atomic mass is 10.0. The van der Waals surface area contributed by atoms with Crippen molar-refractivity contribution >= 4 is 42.3 Å². The van der Waals surface area contributed by atoms with E-state index in [9.17, 15) is 14.4 Å². The van der Waals surface area contributed by atoms with Gasteiger partial charge < -0.3 is 14.6 Å². The minimum absolute atomic E-state index is 0.0432. The zero-order valence-electron chi connectivity index (χ0n) is 32.0. The molecule has 1 atom stereocenters. The molecule has 0 aliphatic carbocycles. The summed E-state index contributed by atoms with van der Waals surface area (Å²) in [5.74, 6) is -1.17. The average molecular weight is 731 g/mol. The summed E-state index contributed by atoms with van der Waals surface area (Å²) < 4.78 is 11.2. The van der Waals surface area contributed by atoms with Crippen LogP contribution in [0.1, 0.15) is 219 Å². The molecule has 0 aromatic heterocycles. The van der Waals surface area contributed by atoms with Gasteiger partial charge in [-0.3, -0.25) is 14.4 Å². The van der Waals surface area contributed by atoms with Crippen molar-refractivity contribution in [2.75, 3.05) is 13.2 Å². The van der Waals surface area contributed by atoms with Gasteiger partial charge in [0.15, 0.2) is 0 Å². The highest BCUT2D eigenvalue weighted by atomic mass is 32.2. The number of carboxylic acids is 1. The topological polar surface area (TPSA) is 89.9 Å². The van der Waals surface area contributed by atoms with Gasteiger partial charge in [-0.15, -0.1) is 11.8 Å². The predicted octanol–water partition coefficient (Wildman–Crippen LogP) is 13.0. The summed E-state index contributed by atoms with van der Waals surface area (Å²) in [7, 11) is 0. The van der Waals surface area contributed by atoms with E-state index in [0.717, 1.165) is 38.5 Å². The maximum absolute atomic E-state index is 12.5. The van der Waals surface area contributed by atoms with Gasteiger partial charge in [-0.2, -0.15) is 12.6 Å². The van der Waals surface area contributed by atoms with Gasteiger partial charge in [0.25, 0.3) is 0 Å². The Morgan fingerprint density at radius 1 is 0.490 bits per heavy atom. The molecule has 1 N–H and O–H groups in total. The first kappa shape index (κ1) is 48.1. The Hall–Kier alpha value is -0.890. The molecule has 49 heavy (non-hydrogen) atoms. The van der Waals surface area contributed by atoms with E-state index in [1.54, 1.807) is 11.8 Å². The Morgan fingerprint density at radius 2 is 0.796 bits per heavy atom. The number of hydrogen-bond acceptors (Lipinski definition) is 7. The molecule has 0 aliphatic heterocycles. The van der Waals surface area contributed by atoms with Crippen LogP contribution in [0.4, 0.5) is 0 Å². The largest absolute Gasteiger partial charge is 0.481 e. The zero-order chi connectivity index (χ0) is 36.0. The summed E-state index contributed by atoms with van der Waals surface area (Å²) >= 11 is 6.23. The molecule has 0 amide bonds. The van der Waals surface area contributed by atoms with E-state index in [0.29, 0.717) is 19.3 Å². The highest BCUT2D eigenvalue weighted by molar-refractivity contribution is 8.10. The molecule has 0 aromatic carbocycles. The number of carbonyl (C=O) groups excluding carboxylic acids is 2. The Kier molecular flexibility index (Phi) is 37.6. The fourth-order valence-electron chi connectivity index (χ4n) is 6.10. The monoisotopic (exact) mass is 731 g/mol. The van der Waals surface area contributed by atoms with E-state index in [1.165, 1.54) is 141 Å². The Morgan fingerprint density at radius 3 is 1.12 bits per heavy atom. The Labute approximate surface area is 312 Å². The van der Waals surface area contributed by atoms with Crippen molar-refractivity contribution in [1.82, 2.24) is 0 Å². The van der Waals surface area contributed by atoms with Crippen LogP contribution in [0.25, 0.3) is 0 Å². The average Bonchev–Trinajstić information content (AvgIpc) is 3.08. The van der Waals surface area contributed by atoms with Crippen LogP contribution in [-0.4, -0.2) is 46.1 Å². The maximum Gasteiger partial charge on any atom is 0.305 e. The minimum atomic E-state index is -0.785. The lowest BCUT2D eigenvalue weighted by Crippen LogP contribution is -2.24. The summed E-state index contributed by atoms with van der Waals surface area (Å²) in [6, 6.07) is 0. The van der Waals surface area contributed by atoms with Crippen LogP contribution < -0.4 is 0 Å². The zero-order valence-corrected chi connectivity index (χ0v) is 33.8. The quantitative estimate of drug-likeness (QED) is 0.0282. The lowest BCUT2D eigenvalue weighted by molar-refractivity contribution is -0.146. The van der Waals surface area contributed by atoms with Crippen LogP contribution in [0.5, 0.6) is 0 Å². The number of esters is 2. The normalized spacial score (nSPS) is 12.0. The van der Waals surface area contributed by atoms with Gasteiger partial charge in [-0.25, -0.2) is 0 Å². The Bertz CT molecular complexity index is 704. The van der Waals surface area contributed by atoms with E-state index in [-0.39, 0.29) is 41.4 Å². The van der Waals surface area contributed by atoms with E-state index < -0.39 is 5.97 Å². The maximum atomic E-state index is 12.5. The second-order valence-electron chi connectivity index (χ2n) is 14.2. The number of thiol groups is 1. The van der Waals surface area contributed by atoms with Gasteiger partial charge in [0.05, 0.1) is 5.25 Å². The number of ether oxygens (including phenoxy) is 2. The third-order valence-corrected chi connectivity index (χ3v) is 11.1. The SMILES string of the molecule is CCCCCCCCCCCCCCCC(=O)OCC(COC(=O)CCCCCCCCCCCCCCC)SC(S)CCCCC(=O)O. The molecule has 0 spiro atoms. The highest BCUT2D eigenvalue weighted by Crippen LogP contribution is 2.27. The third-order valence-electron chi connectivity index (χ3n) is 9.27. The van der Waals surface area contributed by atoms with Crippen LogP contribution in [0.2, 0.25) is 0 Å². The number of rotatable bonds is 39. The first-order valence-electron chi connectivity index (χ1n) is 20.8. The van der Waals surface area contributed by atoms with Gasteiger partial charge >= 0.3 is 17.9 Å². The fraction of sp³-hybridized carbons (Fsp3) is 0.927. The number of aliphatic carboxylic acids is 1. The van der Waals surface area contributed by atoms with E-state index in [1.807, 2.05) is 0 Å². The molecule has 8 heteroatoms. The standard InChI is InChI=1S/C41H78O6S2/c1-3-5-7-9-11-13-15-17-19-21-23-25-27-32-39(44)46-35-37(49-41(48)34-30-29-31-38(42)43)36-47-40(45)33-28-26-24-22-20-18-16-14-12-10-8-6-4-2/h37,41,48H,3-36H2,1-2H3,(H,42,43). The van der Waals surface area contributed by atoms with E-state index >= 15 is 0 Å². The fourth-order valence-corrected chi connectivity index (χ4v) is 7.84. The minimum Gasteiger partial charge on any atom is -0.481 e. The molecule has 0 fully saturated rings. The van der Waals surface area contributed by atoms with Gasteiger partial charge in [0.2, 0.25) is 0 Å². The van der Waals surface area contributed by atoms with E-state index in [4.69, 9.17) is 14.6 Å². The summed E-state index contributed by atoms with van der Waals surface area (Å²) in [5.41, 5.74) is 0. The van der Waals surface area contributed by atoms with Gasteiger partial charge in [0.1, 0.15) is 13.2 Å². The molecule has 0 saturated heterocycles. The molecule has 0 bridgehead atoms. The summed E-state index contributed by atoms with van der Waals surface area (Å²) in [5, 5.41) is 8.70. The van der Waals surface area contributed by atoms with Crippen LogP contribution in [0.3, 0.4) is 0 Å². The molecule has 290 valence electrons. The van der Waals surface area contributed by atoms with Crippen molar-refractivity contribution in [3.8, 4) is 0 Å². The first-order valence-corrected chi connectivity index (χ1v) is 22.2. The molecule has 1 unspecified atom stereocenters. The van der Waals surface area contributed by atoms with Crippen molar-refractivity contribution in [3.63, 3.8) is 0 Å². The number of thioether (sulfide) groups is 1. The first-order chi connectivity index (χ1) is 23.9. The molecule has 0 radical (unpaired) electrons. The number of unbranched alkanes of at least 4 members (excludes halogenated alkanes) is 25. The second-order valence-corrected chi connectivity index (χ2v) is 16.7. The molecular formula is C41H78O6S2. The van der Waals surface area contributed by atoms with Crippen LogP contribution in [0.15, 0.2) is 0 Å². The number of carbonyl (C=O) groups is 3. The van der Waals surface area contributed by atoms with Crippen LogP contribution in [0, 0.1) is 0 Å². The van der Waals surface area contributed by atoms with Gasteiger partial charge in [0, 0.05) is 23.8 Å². The van der Waals surface area contributed by atoms with Gasteiger partial charge in [-0.05, 0) is 25.7 Å². The molecule has 0 heterocycles. The second kappa shape index (κ2) is 38.3. The summed E-state index contributed by atoms with van der Waals surface area (Å²) in [4.78, 5) is 35.8. The van der Waals surface area contributed by atoms with Crippen LogP contribution >= 0.6 is 24.4 Å². The molecule has 0 rings (SSSR count).